The normalized spacial score (nSPS) is 12.0. The smallest absolute Gasteiger partial charge is 0.368 e. The maximum absolute atomic E-state index is 12.9. The van der Waals surface area contributed by atoms with Crippen LogP contribution < -0.4 is 16.5 Å². The van der Waals surface area contributed by atoms with Gasteiger partial charge in [-0.25, -0.2) is 0 Å². The van der Waals surface area contributed by atoms with Crippen molar-refractivity contribution >= 4 is 29.6 Å². The van der Waals surface area contributed by atoms with Gasteiger partial charge in [0.2, 0.25) is 5.43 Å². The summed E-state index contributed by atoms with van der Waals surface area (Å²) in [5.74, 6) is 0.101. The minimum Gasteiger partial charge on any atom is -0.384 e. The summed E-state index contributed by atoms with van der Waals surface area (Å²) in [6.07, 6.45) is 0. The molecule has 21 heavy (non-hydrogen) atoms. The van der Waals surface area contributed by atoms with E-state index in [1.165, 1.54) is 0 Å². The van der Waals surface area contributed by atoms with Crippen LogP contribution in [0.3, 0.4) is 0 Å². The van der Waals surface area contributed by atoms with Crippen molar-refractivity contribution in [3.05, 3.63) is 34.5 Å². The van der Waals surface area contributed by atoms with Crippen molar-refractivity contribution in [2.24, 2.45) is 7.05 Å². The zero-order chi connectivity index (χ0) is 15.6. The fourth-order valence-corrected chi connectivity index (χ4v) is 4.07. The van der Waals surface area contributed by atoms with Crippen molar-refractivity contribution in [2.45, 2.75) is 13.8 Å². The van der Waals surface area contributed by atoms with Crippen LogP contribution in [0.2, 0.25) is 0 Å². The topological polar surface area (TPSA) is 83.5 Å². The van der Waals surface area contributed by atoms with Gasteiger partial charge in [-0.3, -0.25) is 9.36 Å². The average Bonchev–Trinajstić information content (AvgIpc) is 2.45. The molecule has 6 nitrogen and oxygen atoms in total. The lowest BCUT2D eigenvalue weighted by Crippen LogP contribution is -2.33. The van der Waals surface area contributed by atoms with E-state index >= 15 is 0 Å². The van der Waals surface area contributed by atoms with Gasteiger partial charge >= 0.3 is 7.60 Å². The SMILES string of the molecule is CCOP(=O)(OCC)c1c(N)n(C)c2ccccc2c1=O. The lowest BCUT2D eigenvalue weighted by atomic mass is 10.2. The van der Waals surface area contributed by atoms with Gasteiger partial charge in [0.25, 0.3) is 0 Å². The molecule has 0 saturated heterocycles. The molecule has 0 spiro atoms. The summed E-state index contributed by atoms with van der Waals surface area (Å²) >= 11 is 0. The Kier molecular flexibility index (Phi) is 4.52. The highest BCUT2D eigenvalue weighted by Crippen LogP contribution is 2.47. The summed E-state index contributed by atoms with van der Waals surface area (Å²) in [5.41, 5.74) is 6.29. The Morgan fingerprint density at radius 2 is 1.76 bits per heavy atom. The van der Waals surface area contributed by atoms with Gasteiger partial charge in [-0.1, -0.05) is 12.1 Å². The van der Waals surface area contributed by atoms with Crippen LogP contribution in [-0.4, -0.2) is 17.8 Å². The highest BCUT2D eigenvalue weighted by atomic mass is 31.2. The Labute approximate surface area is 123 Å². The van der Waals surface area contributed by atoms with Crippen LogP contribution in [-0.2, 0) is 20.7 Å². The lowest BCUT2D eigenvalue weighted by molar-refractivity contribution is 0.230. The number of aryl methyl sites for hydroxylation is 1. The van der Waals surface area contributed by atoms with Crippen molar-refractivity contribution < 1.29 is 13.6 Å². The molecule has 114 valence electrons. The first-order chi connectivity index (χ1) is 9.96. The van der Waals surface area contributed by atoms with E-state index in [1.807, 2.05) is 6.07 Å². The highest BCUT2D eigenvalue weighted by molar-refractivity contribution is 7.62. The molecule has 0 unspecified atom stereocenters. The van der Waals surface area contributed by atoms with Crippen molar-refractivity contribution in [3.63, 3.8) is 0 Å². The summed E-state index contributed by atoms with van der Waals surface area (Å²) in [6.45, 7) is 3.69. The Morgan fingerprint density at radius 1 is 1.19 bits per heavy atom. The van der Waals surface area contributed by atoms with Crippen LogP contribution in [0.4, 0.5) is 5.82 Å². The molecule has 1 aromatic carbocycles. The van der Waals surface area contributed by atoms with Crippen LogP contribution in [0.5, 0.6) is 0 Å². The number of nitrogens with zero attached hydrogens (tertiary/aromatic N) is 1. The molecule has 0 saturated carbocycles. The van der Waals surface area contributed by atoms with Crippen LogP contribution in [0.1, 0.15) is 13.8 Å². The van der Waals surface area contributed by atoms with Gasteiger partial charge in [-0.05, 0) is 26.0 Å². The van der Waals surface area contributed by atoms with Gasteiger partial charge < -0.3 is 19.3 Å². The van der Waals surface area contributed by atoms with Crippen molar-refractivity contribution in [3.8, 4) is 0 Å². The number of rotatable bonds is 5. The maximum atomic E-state index is 12.9. The molecule has 0 atom stereocenters. The molecular weight excluding hydrogens is 291 g/mol. The fraction of sp³-hybridized carbons (Fsp3) is 0.357. The number of hydrogen-bond donors (Lipinski definition) is 1. The second kappa shape index (κ2) is 6.02. The van der Waals surface area contributed by atoms with E-state index < -0.39 is 13.0 Å². The van der Waals surface area contributed by atoms with Gasteiger partial charge in [0.05, 0.1) is 18.7 Å². The number of benzene rings is 1. The molecule has 0 bridgehead atoms. The zero-order valence-corrected chi connectivity index (χ0v) is 13.2. The van der Waals surface area contributed by atoms with Crippen molar-refractivity contribution in [1.29, 1.82) is 0 Å². The van der Waals surface area contributed by atoms with Crippen LogP contribution in [0, 0.1) is 0 Å². The molecule has 0 amide bonds. The molecule has 2 rings (SSSR count). The number of para-hydroxylation sites is 1. The zero-order valence-electron chi connectivity index (χ0n) is 12.3. The summed E-state index contributed by atoms with van der Waals surface area (Å²) < 4.78 is 25.1. The molecule has 0 aliphatic carbocycles. The van der Waals surface area contributed by atoms with Crippen LogP contribution in [0.25, 0.3) is 10.9 Å². The number of nitrogens with two attached hydrogens (primary N) is 1. The fourth-order valence-electron chi connectivity index (χ4n) is 2.26. The standard InChI is InChI=1S/C14H19N2O4P/c1-4-19-21(18,20-5-2)13-12(17)10-8-6-7-9-11(10)16(3)14(13)15/h6-9H,4-5,15H2,1-3H3. The minimum atomic E-state index is -3.74. The molecular formula is C14H19N2O4P. The molecule has 0 radical (unpaired) electrons. The molecule has 7 heteroatoms. The Balaban J connectivity index is 2.86. The van der Waals surface area contributed by atoms with Gasteiger partial charge in [-0.2, -0.15) is 0 Å². The third kappa shape index (κ3) is 2.62. The highest BCUT2D eigenvalue weighted by Gasteiger charge is 2.34. The van der Waals surface area contributed by atoms with Crippen molar-refractivity contribution in [1.82, 2.24) is 4.57 Å². The molecule has 2 N–H and O–H groups in total. The largest absolute Gasteiger partial charge is 0.384 e. The van der Waals surface area contributed by atoms with Crippen LogP contribution in [0.15, 0.2) is 29.1 Å². The molecule has 0 fully saturated rings. The summed E-state index contributed by atoms with van der Waals surface area (Å²) in [4.78, 5) is 12.7. The predicted molar refractivity (Wildman–Crippen MR) is 84.1 cm³/mol. The third-order valence-electron chi connectivity index (χ3n) is 3.20. The molecule has 0 aliphatic heterocycles. The number of hydrogen-bond acceptors (Lipinski definition) is 5. The lowest BCUT2D eigenvalue weighted by Gasteiger charge is -2.20. The van der Waals surface area contributed by atoms with Gasteiger partial charge in [0, 0.05) is 12.4 Å². The predicted octanol–water partition coefficient (Wildman–Crippen LogP) is 2.01. The number of pyridine rings is 1. The second-order valence-electron chi connectivity index (χ2n) is 4.47. The first kappa shape index (κ1) is 15.8. The Hall–Kier alpha value is -1.62. The van der Waals surface area contributed by atoms with Crippen molar-refractivity contribution in [2.75, 3.05) is 18.9 Å². The first-order valence-corrected chi connectivity index (χ1v) is 8.27. The number of fused-ring (bicyclic) bond motifs is 1. The van der Waals surface area contributed by atoms with Gasteiger partial charge in [-0.15, -0.1) is 0 Å². The number of aromatic nitrogens is 1. The van der Waals surface area contributed by atoms with Gasteiger partial charge in [0.1, 0.15) is 5.82 Å². The van der Waals surface area contributed by atoms with E-state index in [-0.39, 0.29) is 24.3 Å². The second-order valence-corrected chi connectivity index (χ2v) is 6.43. The third-order valence-corrected chi connectivity index (χ3v) is 5.38. The maximum Gasteiger partial charge on any atom is 0.368 e. The molecule has 2 aromatic rings. The minimum absolute atomic E-state index is 0.0904. The monoisotopic (exact) mass is 310 g/mol. The number of anilines is 1. The van der Waals surface area contributed by atoms with Gasteiger partial charge in [0.15, 0.2) is 5.30 Å². The van der Waals surface area contributed by atoms with E-state index in [1.54, 1.807) is 43.7 Å². The Morgan fingerprint density at radius 3 is 2.33 bits per heavy atom. The molecule has 0 aliphatic rings. The van der Waals surface area contributed by atoms with E-state index in [9.17, 15) is 9.36 Å². The average molecular weight is 310 g/mol. The Bertz CT molecular complexity index is 759. The molecule has 1 aromatic heterocycles. The summed E-state index contributed by atoms with van der Waals surface area (Å²) in [6, 6.07) is 7.01. The quantitative estimate of drug-likeness (QED) is 0.854. The van der Waals surface area contributed by atoms with E-state index in [4.69, 9.17) is 14.8 Å². The molecule has 1 heterocycles. The first-order valence-electron chi connectivity index (χ1n) is 6.73. The van der Waals surface area contributed by atoms with E-state index in [0.29, 0.717) is 10.9 Å². The van der Waals surface area contributed by atoms with E-state index in [0.717, 1.165) is 0 Å². The van der Waals surface area contributed by atoms with Crippen LogP contribution >= 0.6 is 7.60 Å². The number of nitrogen functional groups attached to an aromatic ring is 1. The van der Waals surface area contributed by atoms with E-state index in [2.05, 4.69) is 0 Å². The summed E-state index contributed by atoms with van der Waals surface area (Å²) in [7, 11) is -2.03. The summed E-state index contributed by atoms with van der Waals surface area (Å²) in [5, 5.41) is 0.344.